The Labute approximate surface area is 174 Å². The number of carbonyl (C=O) groups excluding carboxylic acids is 1. The topological polar surface area (TPSA) is 88.2 Å². The van der Waals surface area contributed by atoms with Gasteiger partial charge in [-0.3, -0.25) is 9.59 Å². The number of hydrogen-bond donors (Lipinski definition) is 1. The molecule has 0 radical (unpaired) electrons. The molecule has 0 saturated heterocycles. The van der Waals surface area contributed by atoms with Crippen LogP contribution in [0.3, 0.4) is 0 Å². The molecule has 3 heterocycles. The Balaban J connectivity index is 1.49. The van der Waals surface area contributed by atoms with Crippen LogP contribution in [-0.2, 0) is 6.54 Å². The van der Waals surface area contributed by atoms with E-state index in [1.54, 1.807) is 18.5 Å². The van der Waals surface area contributed by atoms with Gasteiger partial charge in [0.05, 0.1) is 18.7 Å². The van der Waals surface area contributed by atoms with E-state index in [9.17, 15) is 9.59 Å². The number of nitrogens with one attached hydrogen (secondary N) is 1. The van der Waals surface area contributed by atoms with Gasteiger partial charge in [0.25, 0.3) is 11.5 Å². The molecule has 3 aromatic heterocycles. The van der Waals surface area contributed by atoms with E-state index in [2.05, 4.69) is 15.0 Å². The molecule has 0 aliphatic heterocycles. The SMILES string of the molecule is CCOc1ccc(-c2nc(C(=O)N(C)Cc3nc4ccsc4c(=O)[nH]3)cs2)cc1. The third kappa shape index (κ3) is 4.06. The summed E-state index contributed by atoms with van der Waals surface area (Å²) in [6.07, 6.45) is 0. The lowest BCUT2D eigenvalue weighted by Gasteiger charge is -2.15. The molecule has 1 aromatic carbocycles. The highest BCUT2D eigenvalue weighted by molar-refractivity contribution is 7.17. The van der Waals surface area contributed by atoms with Gasteiger partial charge in [0.1, 0.15) is 27.0 Å². The van der Waals surface area contributed by atoms with Crippen molar-refractivity contribution in [2.24, 2.45) is 0 Å². The fourth-order valence-electron chi connectivity index (χ4n) is 2.85. The molecule has 29 heavy (non-hydrogen) atoms. The highest BCUT2D eigenvalue weighted by Gasteiger charge is 2.18. The molecule has 0 saturated carbocycles. The summed E-state index contributed by atoms with van der Waals surface area (Å²) in [7, 11) is 1.66. The van der Waals surface area contributed by atoms with Gasteiger partial charge in [0.15, 0.2) is 0 Å². The number of amides is 1. The number of nitrogens with zero attached hydrogens (tertiary/aromatic N) is 3. The van der Waals surface area contributed by atoms with Crippen molar-refractivity contribution < 1.29 is 9.53 Å². The van der Waals surface area contributed by atoms with Crippen LogP contribution in [0.15, 0.2) is 45.9 Å². The average Bonchev–Trinajstić information content (AvgIpc) is 3.38. The largest absolute Gasteiger partial charge is 0.494 e. The Kier molecular flexibility index (Phi) is 5.41. The van der Waals surface area contributed by atoms with Crippen LogP contribution in [0.4, 0.5) is 0 Å². The lowest BCUT2D eigenvalue weighted by atomic mass is 10.2. The zero-order valence-corrected chi connectivity index (χ0v) is 17.5. The summed E-state index contributed by atoms with van der Waals surface area (Å²) in [6, 6.07) is 9.41. The van der Waals surface area contributed by atoms with E-state index in [1.807, 2.05) is 36.6 Å². The summed E-state index contributed by atoms with van der Waals surface area (Å²) in [4.78, 5) is 38.0. The smallest absolute Gasteiger partial charge is 0.273 e. The van der Waals surface area contributed by atoms with Crippen LogP contribution in [-0.4, -0.2) is 39.4 Å². The van der Waals surface area contributed by atoms with Gasteiger partial charge < -0.3 is 14.6 Å². The Morgan fingerprint density at radius 3 is 2.72 bits per heavy atom. The molecule has 0 fully saturated rings. The van der Waals surface area contributed by atoms with Crippen LogP contribution in [0.25, 0.3) is 20.8 Å². The normalized spacial score (nSPS) is 11.0. The van der Waals surface area contributed by atoms with Crippen LogP contribution < -0.4 is 10.3 Å². The second-order valence-electron chi connectivity index (χ2n) is 6.30. The van der Waals surface area contributed by atoms with Gasteiger partial charge in [-0.2, -0.15) is 0 Å². The number of thiazole rings is 1. The first-order valence-electron chi connectivity index (χ1n) is 8.95. The van der Waals surface area contributed by atoms with Crippen molar-refractivity contribution >= 4 is 38.8 Å². The van der Waals surface area contributed by atoms with Crippen molar-refractivity contribution in [1.29, 1.82) is 0 Å². The quantitative estimate of drug-likeness (QED) is 0.507. The van der Waals surface area contributed by atoms with Gasteiger partial charge in [-0.1, -0.05) is 0 Å². The standard InChI is InChI=1S/C20H18N4O3S2/c1-3-27-13-6-4-12(5-7-13)19-22-15(11-29-19)20(26)24(2)10-16-21-14-8-9-28-17(14)18(25)23-16/h4-9,11H,3,10H2,1-2H3,(H,21,23,25). The van der Waals surface area contributed by atoms with Crippen LogP contribution in [0.2, 0.25) is 0 Å². The van der Waals surface area contributed by atoms with Crippen LogP contribution in [0, 0.1) is 0 Å². The summed E-state index contributed by atoms with van der Waals surface area (Å²) in [5.41, 5.74) is 1.74. The van der Waals surface area contributed by atoms with E-state index in [-0.39, 0.29) is 18.0 Å². The lowest BCUT2D eigenvalue weighted by molar-refractivity contribution is 0.0776. The Hall–Kier alpha value is -3.04. The number of aromatic nitrogens is 3. The average molecular weight is 427 g/mol. The Morgan fingerprint density at radius 2 is 1.97 bits per heavy atom. The fraction of sp³-hybridized carbons (Fsp3) is 0.200. The van der Waals surface area contributed by atoms with Crippen molar-refractivity contribution in [3.05, 3.63) is 63.0 Å². The van der Waals surface area contributed by atoms with Gasteiger partial charge in [-0.05, 0) is 42.6 Å². The van der Waals surface area contributed by atoms with Gasteiger partial charge in [-0.15, -0.1) is 22.7 Å². The molecule has 4 rings (SSSR count). The van der Waals surface area contributed by atoms with Crippen molar-refractivity contribution in [2.45, 2.75) is 13.5 Å². The summed E-state index contributed by atoms with van der Waals surface area (Å²) >= 11 is 2.75. The molecule has 7 nitrogen and oxygen atoms in total. The molecule has 4 aromatic rings. The summed E-state index contributed by atoms with van der Waals surface area (Å²) in [5, 5.41) is 4.32. The number of carbonyl (C=O) groups is 1. The molecule has 0 atom stereocenters. The van der Waals surface area contributed by atoms with Gasteiger partial charge in [0, 0.05) is 18.0 Å². The molecular weight excluding hydrogens is 408 g/mol. The number of ether oxygens (including phenoxy) is 1. The zero-order chi connectivity index (χ0) is 20.4. The molecule has 1 amide bonds. The highest BCUT2D eigenvalue weighted by Crippen LogP contribution is 2.26. The van der Waals surface area contributed by atoms with Crippen LogP contribution in [0.1, 0.15) is 23.2 Å². The van der Waals surface area contributed by atoms with E-state index < -0.39 is 0 Å². The number of rotatable bonds is 6. The Bertz CT molecular complexity index is 1210. The maximum Gasteiger partial charge on any atom is 0.273 e. The van der Waals surface area contributed by atoms with Crippen molar-refractivity contribution in [1.82, 2.24) is 19.9 Å². The van der Waals surface area contributed by atoms with Crippen molar-refractivity contribution in [3.8, 4) is 16.3 Å². The number of hydrogen-bond acceptors (Lipinski definition) is 7. The molecule has 0 aliphatic carbocycles. The molecule has 0 spiro atoms. The van der Waals surface area contributed by atoms with Crippen molar-refractivity contribution in [2.75, 3.05) is 13.7 Å². The molecule has 9 heteroatoms. The van der Waals surface area contributed by atoms with Gasteiger partial charge in [0.2, 0.25) is 0 Å². The highest BCUT2D eigenvalue weighted by atomic mass is 32.1. The van der Waals surface area contributed by atoms with E-state index in [0.717, 1.165) is 16.3 Å². The number of fused-ring (bicyclic) bond motifs is 1. The van der Waals surface area contributed by atoms with E-state index in [4.69, 9.17) is 4.74 Å². The van der Waals surface area contributed by atoms with Crippen LogP contribution in [0.5, 0.6) is 5.75 Å². The maximum absolute atomic E-state index is 12.8. The Morgan fingerprint density at radius 1 is 1.17 bits per heavy atom. The maximum atomic E-state index is 12.8. The van der Waals surface area contributed by atoms with Crippen LogP contribution >= 0.6 is 22.7 Å². The number of H-pyrrole nitrogens is 1. The minimum absolute atomic E-state index is 0.188. The predicted molar refractivity (Wildman–Crippen MR) is 115 cm³/mol. The molecule has 0 unspecified atom stereocenters. The first-order valence-corrected chi connectivity index (χ1v) is 10.7. The lowest BCUT2D eigenvalue weighted by Crippen LogP contribution is -2.28. The second kappa shape index (κ2) is 8.14. The molecule has 1 N–H and O–H groups in total. The molecule has 0 bridgehead atoms. The first-order chi connectivity index (χ1) is 14.0. The molecule has 0 aliphatic rings. The minimum atomic E-state index is -0.230. The zero-order valence-electron chi connectivity index (χ0n) is 15.8. The third-order valence-electron chi connectivity index (χ3n) is 4.23. The van der Waals surface area contributed by atoms with Gasteiger partial charge >= 0.3 is 0 Å². The second-order valence-corrected chi connectivity index (χ2v) is 8.08. The van der Waals surface area contributed by atoms with E-state index >= 15 is 0 Å². The summed E-state index contributed by atoms with van der Waals surface area (Å²) in [5.74, 6) is 1.01. The van der Waals surface area contributed by atoms with Crippen molar-refractivity contribution in [3.63, 3.8) is 0 Å². The number of benzene rings is 1. The molecule has 148 valence electrons. The van der Waals surface area contributed by atoms with E-state index in [0.29, 0.717) is 28.3 Å². The fourth-order valence-corrected chi connectivity index (χ4v) is 4.38. The van der Waals surface area contributed by atoms with E-state index in [1.165, 1.54) is 27.6 Å². The molecular formula is C20H18N4O3S2. The summed E-state index contributed by atoms with van der Waals surface area (Å²) in [6.45, 7) is 2.74. The first kappa shape index (κ1) is 19.3. The summed E-state index contributed by atoms with van der Waals surface area (Å²) < 4.78 is 6.04. The minimum Gasteiger partial charge on any atom is -0.494 e. The van der Waals surface area contributed by atoms with Gasteiger partial charge in [-0.25, -0.2) is 9.97 Å². The number of aromatic amines is 1. The third-order valence-corrected chi connectivity index (χ3v) is 6.03. The monoisotopic (exact) mass is 426 g/mol. The predicted octanol–water partition coefficient (Wildman–Crippen LogP) is 3.78. The number of thiophene rings is 1.